The summed E-state index contributed by atoms with van der Waals surface area (Å²) in [6, 6.07) is 4.18. The van der Waals surface area contributed by atoms with Crippen molar-refractivity contribution in [2.75, 3.05) is 13.3 Å². The van der Waals surface area contributed by atoms with Crippen molar-refractivity contribution in [2.45, 2.75) is 38.3 Å². The van der Waals surface area contributed by atoms with E-state index in [0.717, 1.165) is 35.6 Å². The summed E-state index contributed by atoms with van der Waals surface area (Å²) in [5.41, 5.74) is 2.08. The Bertz CT molecular complexity index is 643. The minimum Gasteiger partial charge on any atom is -1.00 e. The summed E-state index contributed by atoms with van der Waals surface area (Å²) < 4.78 is 18.9. The molecular weight excluding hydrogens is 306 g/mol. The lowest BCUT2D eigenvalue weighted by Crippen LogP contribution is -3.00. The summed E-state index contributed by atoms with van der Waals surface area (Å²) in [6.45, 7) is 2.73. The number of carbonyl (C=O) groups excluding carboxylic acids is 1. The summed E-state index contributed by atoms with van der Waals surface area (Å²) >= 11 is 0. The zero-order chi connectivity index (χ0) is 14.4. The molecule has 1 aromatic rings. The fourth-order valence-corrected chi connectivity index (χ4v) is 3.50. The molecule has 5 nitrogen and oxygen atoms in total. The van der Waals surface area contributed by atoms with Gasteiger partial charge in [-0.15, -0.1) is 0 Å². The van der Waals surface area contributed by atoms with E-state index in [4.69, 9.17) is 14.2 Å². The largest absolute Gasteiger partial charge is 1.00 e. The lowest BCUT2D eigenvalue weighted by molar-refractivity contribution is -0.584. The minimum atomic E-state index is -0.240. The predicted molar refractivity (Wildman–Crippen MR) is 75.0 cm³/mol. The molecule has 4 rings (SSSR count). The maximum atomic E-state index is 11.5. The van der Waals surface area contributed by atoms with Crippen LogP contribution in [-0.2, 0) is 9.53 Å². The highest BCUT2D eigenvalue weighted by Crippen LogP contribution is 2.41. The van der Waals surface area contributed by atoms with Crippen molar-refractivity contribution in [3.63, 3.8) is 0 Å². The van der Waals surface area contributed by atoms with E-state index in [1.807, 2.05) is 12.1 Å². The van der Waals surface area contributed by atoms with E-state index in [1.54, 1.807) is 0 Å². The molecule has 0 unspecified atom stereocenters. The Morgan fingerprint density at radius 2 is 2.05 bits per heavy atom. The minimum absolute atomic E-state index is 0. The Hall–Kier alpha value is -1.75. The van der Waals surface area contributed by atoms with Gasteiger partial charge in [0.05, 0.1) is 0 Å². The summed E-state index contributed by atoms with van der Waals surface area (Å²) in [6.07, 6.45) is 5.34. The van der Waals surface area contributed by atoms with Crippen LogP contribution in [-0.4, -0.2) is 36.1 Å². The van der Waals surface area contributed by atoms with E-state index in [9.17, 15) is 4.79 Å². The van der Waals surface area contributed by atoms with Crippen LogP contribution in [0.2, 0.25) is 0 Å². The zero-order valence-electron chi connectivity index (χ0n) is 12.4. The topological polar surface area (TPSA) is 47.8 Å². The van der Waals surface area contributed by atoms with Crippen molar-refractivity contribution in [1.82, 2.24) is 0 Å². The number of esters is 1. The van der Waals surface area contributed by atoms with Crippen molar-refractivity contribution in [3.05, 3.63) is 23.3 Å². The molecule has 118 valence electrons. The summed E-state index contributed by atoms with van der Waals surface area (Å²) in [4.78, 5) is 11.5. The molecule has 1 aromatic carbocycles. The molecule has 22 heavy (non-hydrogen) atoms. The second-order valence-corrected chi connectivity index (χ2v) is 5.79. The highest BCUT2D eigenvalue weighted by atomic mass is 35.5. The van der Waals surface area contributed by atoms with Crippen LogP contribution >= 0.6 is 0 Å². The van der Waals surface area contributed by atoms with Crippen LogP contribution in [0.5, 0.6) is 11.5 Å². The number of nitrogens with zero attached hydrogens (tertiary/aromatic N) is 1. The Morgan fingerprint density at radius 1 is 1.27 bits per heavy atom. The number of carbonyl (C=O) groups is 1. The first-order chi connectivity index (χ1) is 10.2. The van der Waals surface area contributed by atoms with Crippen LogP contribution < -0.4 is 21.9 Å². The lowest BCUT2D eigenvalue weighted by Gasteiger charge is -2.31. The number of fused-ring (bicyclic) bond motifs is 3. The van der Waals surface area contributed by atoms with Gasteiger partial charge in [-0.2, -0.15) is 0 Å². The third-order valence-corrected chi connectivity index (χ3v) is 4.42. The molecule has 0 aromatic heterocycles. The molecule has 0 N–H and O–H groups in total. The van der Waals surface area contributed by atoms with Gasteiger partial charge in [0.25, 0.3) is 0 Å². The van der Waals surface area contributed by atoms with Crippen molar-refractivity contribution in [3.8, 4) is 11.5 Å². The van der Waals surface area contributed by atoms with Crippen molar-refractivity contribution in [1.29, 1.82) is 0 Å². The third kappa shape index (κ3) is 2.43. The maximum Gasteiger partial charge on any atom is 0.303 e. The second kappa shape index (κ2) is 5.80. The number of benzene rings is 1. The summed E-state index contributed by atoms with van der Waals surface area (Å²) in [7, 11) is 0. The molecule has 0 saturated carbocycles. The van der Waals surface area contributed by atoms with Gasteiger partial charge in [-0.05, 0) is 18.6 Å². The van der Waals surface area contributed by atoms with E-state index >= 15 is 0 Å². The smallest absolute Gasteiger partial charge is 0.303 e. The fourth-order valence-electron chi connectivity index (χ4n) is 3.50. The van der Waals surface area contributed by atoms with Gasteiger partial charge in [0.15, 0.2) is 29.9 Å². The number of piperidine rings is 1. The van der Waals surface area contributed by atoms with E-state index in [-0.39, 0.29) is 37.3 Å². The SMILES string of the molecule is CC(=O)O[C@@H]1c2cc3c(cc2C=[N+]2CCCC[C@H]12)OCO3.[Cl-]. The number of halogens is 1. The highest BCUT2D eigenvalue weighted by Gasteiger charge is 2.42. The molecule has 0 aliphatic carbocycles. The van der Waals surface area contributed by atoms with Crippen LogP contribution in [0.4, 0.5) is 0 Å². The average molecular weight is 324 g/mol. The van der Waals surface area contributed by atoms with Gasteiger partial charge in [-0.25, -0.2) is 4.58 Å². The van der Waals surface area contributed by atoms with E-state index in [2.05, 4.69) is 10.8 Å². The lowest BCUT2D eigenvalue weighted by atomic mass is 9.88. The van der Waals surface area contributed by atoms with Gasteiger partial charge in [0.1, 0.15) is 6.54 Å². The van der Waals surface area contributed by atoms with Crippen molar-refractivity contribution < 1.29 is 36.0 Å². The Morgan fingerprint density at radius 3 is 2.82 bits per heavy atom. The van der Waals surface area contributed by atoms with Crippen molar-refractivity contribution >= 4 is 12.2 Å². The highest BCUT2D eigenvalue weighted by molar-refractivity contribution is 5.82. The molecule has 0 spiro atoms. The Balaban J connectivity index is 0.00000144. The summed E-state index contributed by atoms with van der Waals surface area (Å²) in [5, 5.41) is 0. The Labute approximate surface area is 135 Å². The molecule has 1 saturated heterocycles. The molecule has 3 aliphatic rings. The number of ether oxygens (including phenoxy) is 3. The second-order valence-electron chi connectivity index (χ2n) is 5.79. The van der Waals surface area contributed by atoms with Gasteiger partial charge < -0.3 is 26.6 Å². The molecular formula is C16H18ClNO4. The van der Waals surface area contributed by atoms with Gasteiger partial charge in [-0.3, -0.25) is 4.79 Å². The van der Waals surface area contributed by atoms with E-state index in [0.29, 0.717) is 0 Å². The van der Waals surface area contributed by atoms with Crippen LogP contribution in [0.3, 0.4) is 0 Å². The van der Waals surface area contributed by atoms with Gasteiger partial charge in [-0.1, -0.05) is 0 Å². The van der Waals surface area contributed by atoms with E-state index in [1.165, 1.54) is 19.8 Å². The molecule has 6 heteroatoms. The van der Waals surface area contributed by atoms with E-state index < -0.39 is 0 Å². The van der Waals surface area contributed by atoms with Gasteiger partial charge in [0.2, 0.25) is 6.79 Å². The zero-order valence-corrected chi connectivity index (χ0v) is 13.1. The first kappa shape index (κ1) is 15.2. The van der Waals surface area contributed by atoms with Crippen LogP contribution in [0.25, 0.3) is 0 Å². The molecule has 2 atom stereocenters. The molecule has 3 heterocycles. The first-order valence-corrected chi connectivity index (χ1v) is 7.44. The molecule has 0 amide bonds. The van der Waals surface area contributed by atoms with Gasteiger partial charge >= 0.3 is 5.97 Å². The quantitative estimate of drug-likeness (QED) is 0.492. The normalized spacial score (nSPS) is 24.5. The van der Waals surface area contributed by atoms with Crippen LogP contribution in [0, 0.1) is 0 Å². The number of hydrogen-bond donors (Lipinski definition) is 0. The van der Waals surface area contributed by atoms with Gasteiger partial charge in [0, 0.05) is 30.9 Å². The third-order valence-electron chi connectivity index (χ3n) is 4.42. The first-order valence-electron chi connectivity index (χ1n) is 7.44. The molecule has 0 radical (unpaired) electrons. The molecule has 1 fully saturated rings. The standard InChI is InChI=1S/C16H18NO4.ClH/c1-10(18)21-16-12-7-15-14(19-9-20-15)6-11(12)8-17-5-3-2-4-13(16)17;/h6-8,13,16H,2-5,9H2,1H3;1H/q+1;/p-1/t13-,16-;/m1./s1. The van der Waals surface area contributed by atoms with Crippen LogP contribution in [0.15, 0.2) is 12.1 Å². The Kier molecular flexibility index (Phi) is 4.00. The predicted octanol–water partition coefficient (Wildman–Crippen LogP) is -0.979. The maximum absolute atomic E-state index is 11.5. The number of hydrogen-bond acceptors (Lipinski definition) is 4. The van der Waals surface area contributed by atoms with Crippen molar-refractivity contribution in [2.24, 2.45) is 0 Å². The summed E-state index contributed by atoms with van der Waals surface area (Å²) in [5.74, 6) is 1.27. The number of rotatable bonds is 1. The fraction of sp³-hybridized carbons (Fsp3) is 0.500. The monoisotopic (exact) mass is 323 g/mol. The molecule has 0 bridgehead atoms. The van der Waals surface area contributed by atoms with Crippen LogP contribution in [0.1, 0.15) is 43.4 Å². The molecule has 3 aliphatic heterocycles. The average Bonchev–Trinajstić information content (AvgIpc) is 2.92.